The number of hydrogen-bond acceptors (Lipinski definition) is 6. The second-order valence-corrected chi connectivity index (χ2v) is 8.67. The summed E-state index contributed by atoms with van der Waals surface area (Å²) in [4.78, 5) is 27.3. The lowest BCUT2D eigenvalue weighted by atomic mass is 10.00. The first kappa shape index (κ1) is 23.3. The molecule has 1 saturated heterocycles. The molecule has 176 valence electrons. The zero-order valence-corrected chi connectivity index (χ0v) is 18.9. The molecule has 2 aliphatic rings. The number of ether oxygens (including phenoxy) is 2. The number of benzene rings is 2. The summed E-state index contributed by atoms with van der Waals surface area (Å²) < 4.78 is 11.2. The van der Waals surface area contributed by atoms with Crippen LogP contribution in [0, 0.1) is 0 Å². The lowest BCUT2D eigenvalue weighted by Crippen LogP contribution is -2.46. The van der Waals surface area contributed by atoms with Gasteiger partial charge in [-0.05, 0) is 50.0 Å². The molecule has 2 aromatic carbocycles. The molecule has 1 amide bonds. The third-order valence-electron chi connectivity index (χ3n) is 6.19. The maximum absolute atomic E-state index is 12.7. The van der Waals surface area contributed by atoms with E-state index >= 15 is 0 Å². The number of fused-ring (bicyclic) bond motifs is 1. The van der Waals surface area contributed by atoms with Crippen molar-refractivity contribution in [2.24, 2.45) is 0 Å². The van der Waals surface area contributed by atoms with Crippen LogP contribution in [0.15, 0.2) is 48.5 Å². The molecule has 2 unspecified atom stereocenters. The highest BCUT2D eigenvalue weighted by atomic mass is 16.6. The van der Waals surface area contributed by atoms with Crippen molar-refractivity contribution in [3.63, 3.8) is 0 Å². The molecule has 0 aliphatic carbocycles. The molecule has 4 rings (SSSR count). The highest BCUT2D eigenvalue weighted by Gasteiger charge is 2.27. The number of rotatable bonds is 10. The number of hydrogen-bond donors (Lipinski definition) is 2. The molecular formula is C26H32N2O5. The lowest BCUT2D eigenvalue weighted by Gasteiger charge is -2.29. The Morgan fingerprint density at radius 2 is 1.70 bits per heavy atom. The summed E-state index contributed by atoms with van der Waals surface area (Å²) in [6, 6.07) is 14.1. The van der Waals surface area contributed by atoms with Crippen molar-refractivity contribution in [2.75, 3.05) is 32.8 Å². The van der Waals surface area contributed by atoms with Gasteiger partial charge in [0, 0.05) is 24.9 Å². The van der Waals surface area contributed by atoms with Gasteiger partial charge in [-0.2, -0.15) is 0 Å². The molecule has 2 aliphatic heterocycles. The molecule has 0 radical (unpaired) electrons. The van der Waals surface area contributed by atoms with E-state index in [9.17, 15) is 14.7 Å². The number of nitrogens with zero attached hydrogens (tertiary/aromatic N) is 1. The summed E-state index contributed by atoms with van der Waals surface area (Å²) in [5, 5.41) is 14.2. The molecule has 2 atom stereocenters. The molecule has 0 bridgehead atoms. The Morgan fingerprint density at radius 1 is 0.970 bits per heavy atom. The van der Waals surface area contributed by atoms with E-state index in [-0.39, 0.29) is 18.1 Å². The highest BCUT2D eigenvalue weighted by molar-refractivity contribution is 5.96. The number of aliphatic hydroxyl groups excluding tert-OH is 1. The van der Waals surface area contributed by atoms with E-state index in [2.05, 4.69) is 10.2 Å². The fourth-order valence-corrected chi connectivity index (χ4v) is 4.40. The first-order chi connectivity index (χ1) is 16.1. The number of carbonyl (C=O) groups is 2. The average Bonchev–Trinajstić information content (AvgIpc) is 3.36. The number of amides is 1. The van der Waals surface area contributed by atoms with Crippen molar-refractivity contribution < 1.29 is 24.2 Å². The summed E-state index contributed by atoms with van der Waals surface area (Å²) in [6.45, 7) is 3.49. The fourth-order valence-electron chi connectivity index (χ4n) is 4.40. The molecule has 0 saturated carbocycles. The molecule has 33 heavy (non-hydrogen) atoms. The van der Waals surface area contributed by atoms with Crippen LogP contribution in [0.25, 0.3) is 0 Å². The minimum Gasteiger partial charge on any atom is -0.486 e. The van der Waals surface area contributed by atoms with Crippen molar-refractivity contribution in [2.45, 2.75) is 44.2 Å². The predicted molar refractivity (Wildman–Crippen MR) is 125 cm³/mol. The third kappa shape index (κ3) is 6.33. The molecule has 2 aromatic rings. The van der Waals surface area contributed by atoms with Crippen molar-refractivity contribution >= 4 is 11.7 Å². The molecule has 2 heterocycles. The predicted octanol–water partition coefficient (Wildman–Crippen LogP) is 3.13. The minimum atomic E-state index is -0.878. The largest absolute Gasteiger partial charge is 0.486 e. The zero-order valence-electron chi connectivity index (χ0n) is 18.9. The first-order valence-corrected chi connectivity index (χ1v) is 11.8. The Balaban J connectivity index is 1.36. The quantitative estimate of drug-likeness (QED) is 0.539. The van der Waals surface area contributed by atoms with Gasteiger partial charge < -0.3 is 24.8 Å². The van der Waals surface area contributed by atoms with Crippen LogP contribution in [0.3, 0.4) is 0 Å². The lowest BCUT2D eigenvalue weighted by molar-refractivity contribution is -0.123. The van der Waals surface area contributed by atoms with Crippen LogP contribution in [-0.2, 0) is 4.79 Å². The number of nitrogens with one attached hydrogen (secondary N) is 1. The van der Waals surface area contributed by atoms with Crippen LogP contribution in [0.4, 0.5) is 0 Å². The molecular weight excluding hydrogens is 420 g/mol. The second kappa shape index (κ2) is 11.3. The van der Waals surface area contributed by atoms with E-state index in [1.54, 1.807) is 24.3 Å². The van der Waals surface area contributed by atoms with Gasteiger partial charge in [0.2, 0.25) is 5.91 Å². The summed E-state index contributed by atoms with van der Waals surface area (Å²) in [5.74, 6) is 1.16. The SMILES string of the molecule is O=C(CCCC(=O)c1ccccc1)NC(CN1CCCC1)C(O)c1ccc2c(c1)OCCO2. The van der Waals surface area contributed by atoms with Gasteiger partial charge in [-0.3, -0.25) is 9.59 Å². The van der Waals surface area contributed by atoms with E-state index in [4.69, 9.17) is 9.47 Å². The number of likely N-dealkylation sites (tertiary alicyclic amines) is 1. The maximum Gasteiger partial charge on any atom is 0.220 e. The van der Waals surface area contributed by atoms with E-state index < -0.39 is 12.1 Å². The van der Waals surface area contributed by atoms with Crippen LogP contribution < -0.4 is 14.8 Å². The molecule has 2 N–H and O–H groups in total. The van der Waals surface area contributed by atoms with Crippen LogP contribution in [-0.4, -0.2) is 60.6 Å². The zero-order chi connectivity index (χ0) is 23.0. The molecule has 0 aromatic heterocycles. The summed E-state index contributed by atoms with van der Waals surface area (Å²) in [6.07, 6.45) is 2.40. The Labute approximate surface area is 194 Å². The van der Waals surface area contributed by atoms with Crippen LogP contribution in [0.1, 0.15) is 54.1 Å². The van der Waals surface area contributed by atoms with Gasteiger partial charge in [0.15, 0.2) is 17.3 Å². The summed E-state index contributed by atoms with van der Waals surface area (Å²) in [7, 11) is 0. The second-order valence-electron chi connectivity index (χ2n) is 8.67. The van der Waals surface area contributed by atoms with Crippen molar-refractivity contribution in [1.29, 1.82) is 0 Å². The molecule has 7 heteroatoms. The molecule has 0 spiro atoms. The van der Waals surface area contributed by atoms with Gasteiger partial charge in [0.25, 0.3) is 0 Å². The normalized spacial score (nSPS) is 17.4. The summed E-state index contributed by atoms with van der Waals surface area (Å²) in [5.41, 5.74) is 1.35. The minimum absolute atomic E-state index is 0.0355. The molecule has 7 nitrogen and oxygen atoms in total. The Bertz CT molecular complexity index is 943. The number of Topliss-reactive ketones (excluding diaryl/α,β-unsaturated/α-hetero) is 1. The third-order valence-corrected chi connectivity index (χ3v) is 6.19. The van der Waals surface area contributed by atoms with E-state index in [1.807, 2.05) is 24.3 Å². The maximum atomic E-state index is 12.7. The van der Waals surface area contributed by atoms with E-state index in [0.717, 1.165) is 25.9 Å². The van der Waals surface area contributed by atoms with E-state index in [1.165, 1.54) is 0 Å². The van der Waals surface area contributed by atoms with Crippen molar-refractivity contribution in [3.8, 4) is 11.5 Å². The van der Waals surface area contributed by atoms with Crippen LogP contribution >= 0.6 is 0 Å². The number of ketones is 1. The standard InChI is InChI=1S/C26H32N2O5/c29-22(19-7-2-1-3-8-19)9-6-10-25(30)27-21(18-28-13-4-5-14-28)26(31)20-11-12-23-24(17-20)33-16-15-32-23/h1-3,7-8,11-12,17,21,26,31H,4-6,9-10,13-16,18H2,(H,27,30). The summed E-state index contributed by atoms with van der Waals surface area (Å²) >= 11 is 0. The van der Waals surface area contributed by atoms with Crippen LogP contribution in [0.2, 0.25) is 0 Å². The van der Waals surface area contributed by atoms with Gasteiger partial charge >= 0.3 is 0 Å². The van der Waals surface area contributed by atoms with Gasteiger partial charge in [0.05, 0.1) is 6.04 Å². The van der Waals surface area contributed by atoms with Gasteiger partial charge in [0.1, 0.15) is 19.3 Å². The van der Waals surface area contributed by atoms with Crippen molar-refractivity contribution in [1.82, 2.24) is 10.2 Å². The molecule has 1 fully saturated rings. The average molecular weight is 453 g/mol. The van der Waals surface area contributed by atoms with Gasteiger partial charge in [-0.25, -0.2) is 0 Å². The van der Waals surface area contributed by atoms with Gasteiger partial charge in [-0.1, -0.05) is 36.4 Å². The topological polar surface area (TPSA) is 88.1 Å². The first-order valence-electron chi connectivity index (χ1n) is 11.8. The highest BCUT2D eigenvalue weighted by Crippen LogP contribution is 2.33. The number of aliphatic hydroxyl groups is 1. The van der Waals surface area contributed by atoms with Crippen molar-refractivity contribution in [3.05, 3.63) is 59.7 Å². The van der Waals surface area contributed by atoms with E-state index in [0.29, 0.717) is 55.2 Å². The monoisotopic (exact) mass is 452 g/mol. The Kier molecular flexibility index (Phi) is 7.96. The van der Waals surface area contributed by atoms with Crippen LogP contribution in [0.5, 0.6) is 11.5 Å². The fraction of sp³-hybridized carbons (Fsp3) is 0.462. The smallest absolute Gasteiger partial charge is 0.220 e. The number of carbonyl (C=O) groups excluding carboxylic acids is 2. The Morgan fingerprint density at radius 3 is 2.45 bits per heavy atom. The Hall–Kier alpha value is -2.90. The van der Waals surface area contributed by atoms with Gasteiger partial charge in [-0.15, -0.1) is 0 Å².